The molecule has 3 radical (unpaired) electrons. The molecule has 0 saturated carbocycles. The Kier molecular flexibility index (Phi) is 6.36. The van der Waals surface area contributed by atoms with E-state index in [4.69, 9.17) is 7.58 Å². The first kappa shape index (κ1) is 12.1. The topological polar surface area (TPSA) is 18.5 Å². The van der Waals surface area contributed by atoms with Gasteiger partial charge in [0.05, 0.1) is 5.75 Å². The van der Waals surface area contributed by atoms with Crippen LogP contribution in [0.15, 0.2) is 24.3 Å². The fraction of sp³-hybridized carbons (Fsp3) is 0.400. The van der Waals surface area contributed by atoms with Gasteiger partial charge in [0.25, 0.3) is 0 Å². The molecule has 0 atom stereocenters. The summed E-state index contributed by atoms with van der Waals surface area (Å²) in [4.78, 5) is 0. The van der Waals surface area contributed by atoms with Gasteiger partial charge < -0.3 is 7.58 Å². The Labute approximate surface area is 100 Å². The van der Waals surface area contributed by atoms with Crippen LogP contribution in [0.3, 0.4) is 0 Å². The zero-order valence-electron chi connectivity index (χ0n) is 8.40. The Hall–Kier alpha value is 0.0449. The predicted molar refractivity (Wildman–Crippen MR) is 58.7 cm³/mol. The van der Waals surface area contributed by atoms with Gasteiger partial charge in [0.1, 0.15) is 0 Å². The lowest BCUT2D eigenvalue weighted by atomic mass is 10.2. The Bertz CT molecular complexity index is 266. The van der Waals surface area contributed by atoms with Crippen LogP contribution in [-0.2, 0) is 3.79 Å². The summed E-state index contributed by atoms with van der Waals surface area (Å²) in [5, 5.41) is 1.11. The largest absolute Gasteiger partial charge is 0.648 e. The van der Waals surface area contributed by atoms with E-state index in [1.807, 2.05) is 18.2 Å². The molecular formula is C10H13Al2O2. The highest BCUT2D eigenvalue weighted by Crippen LogP contribution is 2.15. The minimum Gasteiger partial charge on any atom is -0.648 e. The van der Waals surface area contributed by atoms with E-state index in [1.165, 1.54) is 5.56 Å². The van der Waals surface area contributed by atoms with Crippen LogP contribution in [0.5, 0.6) is 5.75 Å². The van der Waals surface area contributed by atoms with Crippen molar-refractivity contribution in [2.75, 3.05) is 6.61 Å². The SMILES string of the molecule is Cc1ccccc1[O][Al][CH2]CC[O][Al]. The summed E-state index contributed by atoms with van der Waals surface area (Å²) >= 11 is 2.32. The Morgan fingerprint density at radius 1 is 1.36 bits per heavy atom. The van der Waals surface area contributed by atoms with Crippen molar-refractivity contribution in [1.29, 1.82) is 0 Å². The molecule has 1 aromatic rings. The van der Waals surface area contributed by atoms with Crippen molar-refractivity contribution >= 4 is 32.2 Å². The Balaban J connectivity index is 2.21. The molecular weight excluding hydrogens is 206 g/mol. The minimum atomic E-state index is 0.0544. The molecule has 0 unspecified atom stereocenters. The van der Waals surface area contributed by atoms with Crippen LogP contribution in [0, 0.1) is 6.92 Å². The van der Waals surface area contributed by atoms with E-state index in [0.29, 0.717) is 0 Å². The normalized spacial score (nSPS) is 9.79. The number of hydrogen-bond acceptors (Lipinski definition) is 2. The molecule has 1 aromatic carbocycles. The average Bonchev–Trinajstić information content (AvgIpc) is 2.20. The van der Waals surface area contributed by atoms with Gasteiger partial charge in [0, 0.05) is 6.61 Å². The second kappa shape index (κ2) is 7.35. The van der Waals surface area contributed by atoms with Crippen LogP contribution in [0.4, 0.5) is 0 Å². The van der Waals surface area contributed by atoms with Crippen LogP contribution in [0.2, 0.25) is 5.28 Å². The van der Waals surface area contributed by atoms with E-state index in [1.54, 1.807) is 0 Å². The summed E-state index contributed by atoms with van der Waals surface area (Å²) in [7, 11) is 0. The quantitative estimate of drug-likeness (QED) is 0.537. The molecule has 71 valence electrons. The predicted octanol–water partition coefficient (Wildman–Crippen LogP) is 1.90. The second-order valence-corrected chi connectivity index (χ2v) is 4.54. The maximum atomic E-state index is 5.70. The van der Waals surface area contributed by atoms with E-state index >= 15 is 0 Å². The fourth-order valence-corrected chi connectivity index (χ4v) is 2.15. The van der Waals surface area contributed by atoms with Crippen LogP contribution in [0.1, 0.15) is 12.0 Å². The zero-order chi connectivity index (χ0) is 10.2. The molecule has 4 heteroatoms. The van der Waals surface area contributed by atoms with Crippen LogP contribution >= 0.6 is 0 Å². The van der Waals surface area contributed by atoms with Gasteiger partial charge in [0.15, 0.2) is 0 Å². The van der Waals surface area contributed by atoms with Gasteiger partial charge in [-0.25, -0.2) is 0 Å². The highest BCUT2D eigenvalue weighted by Gasteiger charge is 2.00. The molecule has 14 heavy (non-hydrogen) atoms. The van der Waals surface area contributed by atoms with Crippen LogP contribution < -0.4 is 3.79 Å². The number of hydrogen-bond donors (Lipinski definition) is 0. The molecule has 0 aliphatic heterocycles. The van der Waals surface area contributed by atoms with Crippen molar-refractivity contribution in [2.45, 2.75) is 18.6 Å². The third-order valence-corrected chi connectivity index (χ3v) is 3.19. The van der Waals surface area contributed by atoms with Gasteiger partial charge in [-0.1, -0.05) is 23.5 Å². The van der Waals surface area contributed by atoms with Gasteiger partial charge in [-0.05, 0) is 25.0 Å². The summed E-state index contributed by atoms with van der Waals surface area (Å²) in [5.41, 5.74) is 1.21. The average molecular weight is 219 g/mol. The lowest BCUT2D eigenvalue weighted by Gasteiger charge is -2.08. The third kappa shape index (κ3) is 4.51. The van der Waals surface area contributed by atoms with Crippen molar-refractivity contribution in [3.63, 3.8) is 0 Å². The molecule has 0 heterocycles. The molecule has 0 N–H and O–H groups in total. The lowest BCUT2D eigenvalue weighted by Crippen LogP contribution is -2.04. The van der Waals surface area contributed by atoms with E-state index in [2.05, 4.69) is 29.6 Å². The van der Waals surface area contributed by atoms with Gasteiger partial charge in [-0.15, -0.1) is 0 Å². The van der Waals surface area contributed by atoms with Crippen molar-refractivity contribution < 1.29 is 7.58 Å². The highest BCUT2D eigenvalue weighted by molar-refractivity contribution is 6.28. The standard InChI is InChI=1S/C7H8O.C3H6O.2Al/c1-6-4-2-3-5-7(6)8;1-2-3-4;;/h2-5,8H,1H3;1-3H2;;/q;-1;2*+1/p-1. The van der Waals surface area contributed by atoms with Crippen LogP contribution in [0.25, 0.3) is 0 Å². The molecule has 2 nitrogen and oxygen atoms in total. The zero-order valence-corrected chi connectivity index (χ0v) is 10.7. The van der Waals surface area contributed by atoms with E-state index in [0.717, 1.165) is 24.1 Å². The van der Waals surface area contributed by atoms with Crippen molar-refractivity contribution in [1.82, 2.24) is 0 Å². The molecule has 0 fully saturated rings. The second-order valence-electron chi connectivity index (χ2n) is 3.06. The fourth-order valence-electron chi connectivity index (χ4n) is 1.09. The first-order chi connectivity index (χ1) is 6.84. The molecule has 0 bridgehead atoms. The van der Waals surface area contributed by atoms with Gasteiger partial charge in [-0.3, -0.25) is 0 Å². The molecule has 0 aromatic heterocycles. The number of benzene rings is 1. The molecule has 0 amide bonds. The Morgan fingerprint density at radius 2 is 2.14 bits per heavy atom. The summed E-state index contributed by atoms with van der Waals surface area (Å²) in [5.74, 6) is 1.02. The summed E-state index contributed by atoms with van der Waals surface area (Å²) in [6.45, 7) is 2.87. The summed E-state index contributed by atoms with van der Waals surface area (Å²) < 4.78 is 10.6. The molecule has 0 aliphatic carbocycles. The Morgan fingerprint density at radius 3 is 2.86 bits per heavy atom. The van der Waals surface area contributed by atoms with Crippen molar-refractivity contribution in [2.24, 2.45) is 0 Å². The third-order valence-electron chi connectivity index (χ3n) is 1.89. The monoisotopic (exact) mass is 219 g/mol. The molecule has 0 spiro atoms. The van der Waals surface area contributed by atoms with Crippen molar-refractivity contribution in [3.05, 3.63) is 29.8 Å². The summed E-state index contributed by atoms with van der Waals surface area (Å²) in [6.07, 6.45) is 1.07. The maximum absolute atomic E-state index is 5.70. The molecule has 1 rings (SSSR count). The van der Waals surface area contributed by atoms with Gasteiger partial charge in [0.2, 0.25) is 0 Å². The van der Waals surface area contributed by atoms with E-state index in [9.17, 15) is 0 Å². The number of rotatable bonds is 6. The lowest BCUT2D eigenvalue weighted by molar-refractivity contribution is 0.347. The molecule has 0 aliphatic rings. The maximum Gasteiger partial charge on any atom is 0.523 e. The van der Waals surface area contributed by atoms with Crippen molar-refractivity contribution in [3.8, 4) is 5.75 Å². The van der Waals surface area contributed by atoms with Gasteiger partial charge in [-0.2, -0.15) is 0 Å². The highest BCUT2D eigenvalue weighted by atomic mass is 27.1. The number of aryl methyl sites for hydroxylation is 1. The minimum absolute atomic E-state index is 0.0544. The first-order valence-electron chi connectivity index (χ1n) is 4.70. The first-order valence-corrected chi connectivity index (χ1v) is 6.46. The number of para-hydroxylation sites is 1. The van der Waals surface area contributed by atoms with E-state index < -0.39 is 0 Å². The van der Waals surface area contributed by atoms with Crippen LogP contribution in [-0.4, -0.2) is 38.8 Å². The molecule has 0 saturated heterocycles. The van der Waals surface area contributed by atoms with Gasteiger partial charge >= 0.3 is 32.2 Å². The smallest absolute Gasteiger partial charge is 0.523 e. The summed E-state index contributed by atoms with van der Waals surface area (Å²) in [6, 6.07) is 8.13. The van der Waals surface area contributed by atoms with E-state index in [-0.39, 0.29) is 15.6 Å².